The van der Waals surface area contributed by atoms with Crippen molar-refractivity contribution in [2.75, 3.05) is 13.2 Å². The van der Waals surface area contributed by atoms with Crippen LogP contribution in [0.4, 0.5) is 0 Å². The topological polar surface area (TPSA) is 61.8 Å². The van der Waals surface area contributed by atoms with Crippen molar-refractivity contribution in [3.63, 3.8) is 0 Å². The molecule has 0 aromatic carbocycles. The zero-order chi connectivity index (χ0) is 15.5. The van der Waals surface area contributed by atoms with Crippen LogP contribution >= 0.6 is 0 Å². The third-order valence-corrected chi connectivity index (χ3v) is 2.90. The van der Waals surface area contributed by atoms with Crippen LogP contribution in [0, 0.1) is 11.8 Å². The zero-order valence-electron chi connectivity index (χ0n) is 12.5. The predicted octanol–water partition coefficient (Wildman–Crippen LogP) is 2.35. The third kappa shape index (κ3) is 8.87. The Bertz CT molecular complexity index is 430. The van der Waals surface area contributed by atoms with E-state index in [0.29, 0.717) is 31.6 Å². The molecule has 0 amide bonds. The maximum atomic E-state index is 11.5. The summed E-state index contributed by atoms with van der Waals surface area (Å²) in [6.07, 6.45) is 3.51. The largest absolute Gasteiger partial charge is 0.466 e. The van der Waals surface area contributed by atoms with Gasteiger partial charge in [-0.3, -0.25) is 9.59 Å². The van der Waals surface area contributed by atoms with E-state index in [9.17, 15) is 9.59 Å². The van der Waals surface area contributed by atoms with Crippen LogP contribution < -0.4 is 0 Å². The SMILES string of the molecule is C=C(CC1CCOC(=O)CCCCC#CCO1)OC(C)=O. The predicted molar refractivity (Wildman–Crippen MR) is 77.1 cm³/mol. The minimum Gasteiger partial charge on any atom is -0.466 e. The number of hydrogen-bond donors (Lipinski definition) is 0. The molecule has 0 fully saturated rings. The van der Waals surface area contributed by atoms with Crippen molar-refractivity contribution in [1.82, 2.24) is 0 Å². The summed E-state index contributed by atoms with van der Waals surface area (Å²) in [4.78, 5) is 22.3. The third-order valence-electron chi connectivity index (χ3n) is 2.90. The average molecular weight is 294 g/mol. The second-order valence-corrected chi connectivity index (χ2v) is 4.84. The van der Waals surface area contributed by atoms with Gasteiger partial charge in [0.15, 0.2) is 0 Å². The van der Waals surface area contributed by atoms with Gasteiger partial charge in [-0.2, -0.15) is 0 Å². The first-order valence-corrected chi connectivity index (χ1v) is 7.17. The number of esters is 2. The standard InChI is InChI=1S/C16H22O5/c1-13(21-14(2)17)12-15-9-11-20-16(18)8-6-4-3-5-7-10-19-15/h15H,1,3-4,6,8-12H2,2H3. The summed E-state index contributed by atoms with van der Waals surface area (Å²) in [5.74, 6) is 5.70. The Labute approximate surface area is 125 Å². The monoisotopic (exact) mass is 294 g/mol. The van der Waals surface area contributed by atoms with Crippen LogP contribution in [0.2, 0.25) is 0 Å². The van der Waals surface area contributed by atoms with Gasteiger partial charge in [-0.05, 0) is 12.8 Å². The van der Waals surface area contributed by atoms with Gasteiger partial charge in [0, 0.05) is 32.6 Å². The first kappa shape index (κ1) is 17.3. The number of carbonyl (C=O) groups is 2. The Balaban J connectivity index is 2.51. The lowest BCUT2D eigenvalue weighted by Crippen LogP contribution is -2.19. The van der Waals surface area contributed by atoms with Gasteiger partial charge in [0.25, 0.3) is 0 Å². The van der Waals surface area contributed by atoms with E-state index in [0.717, 1.165) is 19.3 Å². The van der Waals surface area contributed by atoms with Crippen molar-refractivity contribution < 1.29 is 23.8 Å². The maximum absolute atomic E-state index is 11.5. The summed E-state index contributed by atoms with van der Waals surface area (Å²) in [6.45, 7) is 5.60. The molecule has 0 spiro atoms. The molecule has 0 saturated heterocycles. The van der Waals surface area contributed by atoms with E-state index in [-0.39, 0.29) is 18.7 Å². The molecule has 5 heteroatoms. The van der Waals surface area contributed by atoms with Gasteiger partial charge in [-0.15, -0.1) is 5.92 Å². The minimum absolute atomic E-state index is 0.195. The molecule has 21 heavy (non-hydrogen) atoms. The molecule has 0 aliphatic carbocycles. The summed E-state index contributed by atoms with van der Waals surface area (Å²) < 4.78 is 15.7. The van der Waals surface area contributed by atoms with Crippen molar-refractivity contribution in [3.8, 4) is 11.8 Å². The van der Waals surface area contributed by atoms with Gasteiger partial charge in [0.05, 0.1) is 12.7 Å². The first-order chi connectivity index (χ1) is 10.1. The number of carbonyl (C=O) groups excluding carboxylic acids is 2. The van der Waals surface area contributed by atoms with Gasteiger partial charge in [0.2, 0.25) is 0 Å². The normalized spacial score (nSPS) is 20.6. The highest BCUT2D eigenvalue weighted by Crippen LogP contribution is 2.13. The van der Waals surface area contributed by atoms with Gasteiger partial charge in [-0.1, -0.05) is 12.5 Å². The Morgan fingerprint density at radius 3 is 3.00 bits per heavy atom. The van der Waals surface area contributed by atoms with Crippen molar-refractivity contribution in [2.24, 2.45) is 0 Å². The fraction of sp³-hybridized carbons (Fsp3) is 0.625. The molecule has 0 N–H and O–H groups in total. The van der Waals surface area contributed by atoms with E-state index >= 15 is 0 Å². The van der Waals surface area contributed by atoms with Gasteiger partial charge < -0.3 is 14.2 Å². The van der Waals surface area contributed by atoms with Crippen LogP contribution in [-0.4, -0.2) is 31.3 Å². The lowest BCUT2D eigenvalue weighted by molar-refractivity contribution is -0.144. The van der Waals surface area contributed by atoms with Crippen molar-refractivity contribution in [1.29, 1.82) is 0 Å². The summed E-state index contributed by atoms with van der Waals surface area (Å²) in [5.41, 5.74) is 0. The molecule has 0 aromatic heterocycles. The van der Waals surface area contributed by atoms with Crippen LogP contribution in [0.5, 0.6) is 0 Å². The minimum atomic E-state index is -0.407. The highest BCUT2D eigenvalue weighted by atomic mass is 16.5. The summed E-state index contributed by atoms with van der Waals surface area (Å²) in [6, 6.07) is 0. The fourth-order valence-corrected chi connectivity index (χ4v) is 1.90. The quantitative estimate of drug-likeness (QED) is 0.454. The Morgan fingerprint density at radius 2 is 2.24 bits per heavy atom. The van der Waals surface area contributed by atoms with E-state index < -0.39 is 5.97 Å². The Hall–Kier alpha value is -1.80. The van der Waals surface area contributed by atoms with Crippen LogP contribution in [0.1, 0.15) is 45.4 Å². The molecule has 0 radical (unpaired) electrons. The molecule has 5 nitrogen and oxygen atoms in total. The molecule has 1 unspecified atom stereocenters. The van der Waals surface area contributed by atoms with Crippen molar-refractivity contribution >= 4 is 11.9 Å². The molecule has 0 saturated carbocycles. The van der Waals surface area contributed by atoms with Crippen LogP contribution in [-0.2, 0) is 23.8 Å². The van der Waals surface area contributed by atoms with Gasteiger partial charge in [0.1, 0.15) is 12.4 Å². The summed E-state index contributed by atoms with van der Waals surface area (Å²) in [7, 11) is 0. The van der Waals surface area contributed by atoms with Crippen molar-refractivity contribution in [3.05, 3.63) is 12.3 Å². The zero-order valence-corrected chi connectivity index (χ0v) is 12.5. The number of cyclic esters (lactones) is 1. The number of hydrogen-bond acceptors (Lipinski definition) is 5. The van der Waals surface area contributed by atoms with Crippen molar-refractivity contribution in [2.45, 2.75) is 51.6 Å². The van der Waals surface area contributed by atoms with Gasteiger partial charge in [-0.25, -0.2) is 0 Å². The molecule has 0 aromatic rings. The first-order valence-electron chi connectivity index (χ1n) is 7.17. The Morgan fingerprint density at radius 1 is 1.43 bits per heavy atom. The second-order valence-electron chi connectivity index (χ2n) is 4.84. The average Bonchev–Trinajstić information content (AvgIpc) is 2.41. The molecular weight excluding hydrogens is 272 g/mol. The van der Waals surface area contributed by atoms with E-state index in [4.69, 9.17) is 14.2 Å². The van der Waals surface area contributed by atoms with E-state index in [1.165, 1.54) is 6.92 Å². The lowest BCUT2D eigenvalue weighted by atomic mass is 10.1. The maximum Gasteiger partial charge on any atom is 0.307 e. The molecule has 1 heterocycles. The van der Waals surface area contributed by atoms with E-state index in [1.54, 1.807) is 0 Å². The molecule has 0 bridgehead atoms. The van der Waals surface area contributed by atoms with Crippen LogP contribution in [0.3, 0.4) is 0 Å². The highest BCUT2D eigenvalue weighted by Gasteiger charge is 2.14. The molecule has 1 aliphatic heterocycles. The molecule has 1 aliphatic rings. The fourth-order valence-electron chi connectivity index (χ4n) is 1.90. The second kappa shape index (κ2) is 10.0. The van der Waals surface area contributed by atoms with Gasteiger partial charge >= 0.3 is 11.9 Å². The van der Waals surface area contributed by atoms with E-state index in [1.807, 2.05) is 0 Å². The van der Waals surface area contributed by atoms with E-state index in [2.05, 4.69) is 18.4 Å². The number of rotatable bonds is 3. The Kier molecular flexibility index (Phi) is 8.22. The summed E-state index contributed by atoms with van der Waals surface area (Å²) >= 11 is 0. The molecule has 1 atom stereocenters. The summed E-state index contributed by atoms with van der Waals surface area (Å²) in [5, 5.41) is 0. The smallest absolute Gasteiger partial charge is 0.307 e. The van der Waals surface area contributed by atoms with Crippen LogP contribution in [0.25, 0.3) is 0 Å². The molecule has 1 rings (SSSR count). The van der Waals surface area contributed by atoms with Crippen LogP contribution in [0.15, 0.2) is 12.3 Å². The molecular formula is C16H22O5. The molecule has 116 valence electrons. The highest BCUT2D eigenvalue weighted by molar-refractivity contribution is 5.69. The lowest BCUT2D eigenvalue weighted by Gasteiger charge is -2.17. The number of ether oxygens (including phenoxy) is 3.